The molecule has 0 bridgehead atoms. The number of hydrogen-bond donors (Lipinski definition) is 1. The molecular weight excluding hydrogens is 409 g/mol. The number of aromatic nitrogens is 1. The number of thiazole rings is 1. The quantitative estimate of drug-likeness (QED) is 0.624. The molecule has 1 N–H and O–H groups in total. The molecule has 1 aliphatic rings. The third-order valence-corrected chi connectivity index (χ3v) is 7.05. The molecule has 1 fully saturated rings. The second-order valence-corrected chi connectivity index (χ2v) is 9.12. The van der Waals surface area contributed by atoms with Crippen molar-refractivity contribution in [2.24, 2.45) is 0 Å². The molecule has 0 atom stereocenters. The Labute approximate surface area is 176 Å². The molecule has 0 unspecified atom stereocenters. The van der Waals surface area contributed by atoms with Gasteiger partial charge in [-0.1, -0.05) is 23.9 Å². The Bertz CT molecular complexity index is 981. The number of rotatable bonds is 5. The average Bonchev–Trinajstić information content (AvgIpc) is 3.16. The van der Waals surface area contributed by atoms with E-state index in [0.717, 1.165) is 14.6 Å². The van der Waals surface area contributed by atoms with Gasteiger partial charge in [0, 0.05) is 24.7 Å². The number of amides is 2. The number of likely N-dealkylation sites (tertiary alicyclic amines) is 1. The van der Waals surface area contributed by atoms with Gasteiger partial charge in [0.1, 0.15) is 5.82 Å². The third-order valence-electron chi connectivity index (χ3n) is 4.88. The van der Waals surface area contributed by atoms with E-state index in [-0.39, 0.29) is 23.7 Å². The van der Waals surface area contributed by atoms with E-state index in [1.807, 2.05) is 29.2 Å². The Morgan fingerprint density at radius 2 is 1.86 bits per heavy atom. The summed E-state index contributed by atoms with van der Waals surface area (Å²) in [5, 5.41) is 2.97. The smallest absolute Gasteiger partial charge is 0.251 e. The summed E-state index contributed by atoms with van der Waals surface area (Å²) in [4.78, 5) is 31.2. The van der Waals surface area contributed by atoms with Gasteiger partial charge in [-0.2, -0.15) is 0 Å². The molecule has 4 rings (SSSR count). The van der Waals surface area contributed by atoms with Crippen molar-refractivity contribution in [3.05, 3.63) is 59.9 Å². The Hall–Kier alpha value is -2.45. The van der Waals surface area contributed by atoms with Crippen molar-refractivity contribution >= 4 is 45.1 Å². The fourth-order valence-corrected chi connectivity index (χ4v) is 5.24. The van der Waals surface area contributed by atoms with Gasteiger partial charge in [-0.25, -0.2) is 9.37 Å². The molecule has 0 aliphatic carbocycles. The van der Waals surface area contributed by atoms with E-state index in [9.17, 15) is 14.0 Å². The van der Waals surface area contributed by atoms with Crippen molar-refractivity contribution in [1.29, 1.82) is 0 Å². The second-order valence-electron chi connectivity index (χ2n) is 6.87. The summed E-state index contributed by atoms with van der Waals surface area (Å²) in [6.07, 6.45) is 1.43. The van der Waals surface area contributed by atoms with Gasteiger partial charge in [-0.15, -0.1) is 11.3 Å². The largest absolute Gasteiger partial charge is 0.349 e. The van der Waals surface area contributed by atoms with Crippen LogP contribution in [0.25, 0.3) is 10.2 Å². The number of carbonyl (C=O) groups is 2. The molecule has 0 spiro atoms. The molecule has 1 saturated heterocycles. The molecule has 0 radical (unpaired) electrons. The predicted molar refractivity (Wildman–Crippen MR) is 114 cm³/mol. The average molecular weight is 430 g/mol. The minimum Gasteiger partial charge on any atom is -0.349 e. The first-order chi connectivity index (χ1) is 14.1. The number of benzene rings is 2. The maximum Gasteiger partial charge on any atom is 0.251 e. The fourth-order valence-electron chi connectivity index (χ4n) is 3.27. The molecule has 2 heterocycles. The first-order valence-corrected chi connectivity index (χ1v) is 11.2. The van der Waals surface area contributed by atoms with Crippen LogP contribution in [-0.4, -0.2) is 46.6 Å². The zero-order chi connectivity index (χ0) is 20.2. The van der Waals surface area contributed by atoms with Crippen LogP contribution in [-0.2, 0) is 4.79 Å². The fraction of sp³-hybridized carbons (Fsp3) is 0.286. The van der Waals surface area contributed by atoms with Crippen LogP contribution in [0.1, 0.15) is 23.2 Å². The summed E-state index contributed by atoms with van der Waals surface area (Å²) in [6, 6.07) is 13.5. The van der Waals surface area contributed by atoms with E-state index in [1.165, 1.54) is 36.0 Å². The highest BCUT2D eigenvalue weighted by Crippen LogP contribution is 2.29. The van der Waals surface area contributed by atoms with Crippen LogP contribution in [0.4, 0.5) is 4.39 Å². The van der Waals surface area contributed by atoms with Gasteiger partial charge in [-0.05, 0) is 49.2 Å². The van der Waals surface area contributed by atoms with E-state index in [1.54, 1.807) is 11.3 Å². The summed E-state index contributed by atoms with van der Waals surface area (Å²) < 4.78 is 15.0. The number of para-hydroxylation sites is 1. The van der Waals surface area contributed by atoms with Crippen molar-refractivity contribution in [2.45, 2.75) is 23.2 Å². The topological polar surface area (TPSA) is 62.3 Å². The summed E-state index contributed by atoms with van der Waals surface area (Å²) in [7, 11) is 0. The van der Waals surface area contributed by atoms with E-state index in [2.05, 4.69) is 10.3 Å². The lowest BCUT2D eigenvalue weighted by Crippen LogP contribution is -2.47. The number of hydrogen-bond acceptors (Lipinski definition) is 5. The molecule has 0 saturated carbocycles. The lowest BCUT2D eigenvalue weighted by molar-refractivity contribution is -0.129. The standard InChI is InChI=1S/C21H20FN3O2S2/c22-15-7-5-14(6-8-15)20(27)23-16-9-11-25(12-10-16)19(26)13-28-21-24-17-3-1-2-4-18(17)29-21/h1-8,16H,9-13H2,(H,23,27). The lowest BCUT2D eigenvalue weighted by atomic mass is 10.0. The van der Waals surface area contributed by atoms with Crippen LogP contribution in [0.3, 0.4) is 0 Å². The number of piperidine rings is 1. The first-order valence-electron chi connectivity index (χ1n) is 9.41. The van der Waals surface area contributed by atoms with Crippen molar-refractivity contribution in [1.82, 2.24) is 15.2 Å². The maximum absolute atomic E-state index is 13.0. The number of thioether (sulfide) groups is 1. The predicted octanol–water partition coefficient (Wildman–Crippen LogP) is 3.95. The van der Waals surface area contributed by atoms with E-state index in [0.29, 0.717) is 37.2 Å². The van der Waals surface area contributed by atoms with Crippen LogP contribution in [0.5, 0.6) is 0 Å². The minimum atomic E-state index is -0.364. The SMILES string of the molecule is O=C(NC1CCN(C(=O)CSc2nc3ccccc3s2)CC1)c1ccc(F)cc1. The first kappa shape index (κ1) is 19.8. The Kier molecular flexibility index (Phi) is 6.10. The monoisotopic (exact) mass is 429 g/mol. The number of halogens is 1. The highest BCUT2D eigenvalue weighted by Gasteiger charge is 2.24. The van der Waals surface area contributed by atoms with E-state index >= 15 is 0 Å². The van der Waals surface area contributed by atoms with Crippen LogP contribution in [0.2, 0.25) is 0 Å². The summed E-state index contributed by atoms with van der Waals surface area (Å²) >= 11 is 3.08. The molecule has 8 heteroatoms. The summed E-state index contributed by atoms with van der Waals surface area (Å²) in [5.41, 5.74) is 1.40. The van der Waals surface area contributed by atoms with Gasteiger partial charge in [0.25, 0.3) is 5.91 Å². The summed E-state index contributed by atoms with van der Waals surface area (Å²) in [6.45, 7) is 1.24. The zero-order valence-corrected chi connectivity index (χ0v) is 17.3. The van der Waals surface area contributed by atoms with Crippen molar-refractivity contribution < 1.29 is 14.0 Å². The molecule has 2 amide bonds. The van der Waals surface area contributed by atoms with Gasteiger partial charge in [0.2, 0.25) is 5.91 Å². The third kappa shape index (κ3) is 4.94. The lowest BCUT2D eigenvalue weighted by Gasteiger charge is -2.32. The molecule has 5 nitrogen and oxygen atoms in total. The second kappa shape index (κ2) is 8.92. The number of carbonyl (C=O) groups excluding carboxylic acids is 2. The Balaban J connectivity index is 1.24. The van der Waals surface area contributed by atoms with Crippen LogP contribution < -0.4 is 5.32 Å². The number of nitrogens with one attached hydrogen (secondary N) is 1. The molecular formula is C21H20FN3O2S2. The molecule has 1 aliphatic heterocycles. The molecule has 1 aromatic heterocycles. The molecule has 150 valence electrons. The van der Waals surface area contributed by atoms with Crippen molar-refractivity contribution in [2.75, 3.05) is 18.8 Å². The minimum absolute atomic E-state index is 0.0218. The van der Waals surface area contributed by atoms with Crippen molar-refractivity contribution in [3.63, 3.8) is 0 Å². The summed E-state index contributed by atoms with van der Waals surface area (Å²) in [5.74, 6) is -0.109. The molecule has 2 aromatic carbocycles. The van der Waals surface area contributed by atoms with Crippen LogP contribution >= 0.6 is 23.1 Å². The van der Waals surface area contributed by atoms with Crippen molar-refractivity contribution in [3.8, 4) is 0 Å². The zero-order valence-electron chi connectivity index (χ0n) is 15.6. The maximum atomic E-state index is 13.0. The molecule has 29 heavy (non-hydrogen) atoms. The number of nitrogens with zero attached hydrogens (tertiary/aromatic N) is 2. The van der Waals surface area contributed by atoms with Crippen LogP contribution in [0.15, 0.2) is 52.9 Å². The molecule has 3 aromatic rings. The van der Waals surface area contributed by atoms with Gasteiger partial charge >= 0.3 is 0 Å². The van der Waals surface area contributed by atoms with Gasteiger partial charge < -0.3 is 10.2 Å². The normalized spacial score (nSPS) is 14.9. The number of fused-ring (bicyclic) bond motifs is 1. The highest BCUT2D eigenvalue weighted by molar-refractivity contribution is 8.01. The Morgan fingerprint density at radius 3 is 2.59 bits per heavy atom. The Morgan fingerprint density at radius 1 is 1.14 bits per heavy atom. The van der Waals surface area contributed by atoms with E-state index in [4.69, 9.17) is 0 Å². The van der Waals surface area contributed by atoms with Gasteiger partial charge in [-0.3, -0.25) is 9.59 Å². The van der Waals surface area contributed by atoms with Gasteiger partial charge in [0.15, 0.2) is 4.34 Å². The van der Waals surface area contributed by atoms with Crippen LogP contribution in [0, 0.1) is 5.82 Å². The highest BCUT2D eigenvalue weighted by atomic mass is 32.2. The van der Waals surface area contributed by atoms with Gasteiger partial charge in [0.05, 0.1) is 16.0 Å². The van der Waals surface area contributed by atoms with E-state index < -0.39 is 0 Å².